The molecule has 0 fully saturated rings. The average Bonchev–Trinajstić information content (AvgIpc) is 2.89. The second-order valence-electron chi connectivity index (χ2n) is 5.22. The topological polar surface area (TPSA) is 57.6 Å². The third-order valence-corrected chi connectivity index (χ3v) is 3.74. The molecular weight excluding hydrogens is 266 g/mol. The van der Waals surface area contributed by atoms with Crippen LogP contribution in [0.4, 0.5) is 5.69 Å². The van der Waals surface area contributed by atoms with Gasteiger partial charge in [-0.05, 0) is 43.2 Å². The van der Waals surface area contributed by atoms with Crippen molar-refractivity contribution in [3.8, 4) is 0 Å². The van der Waals surface area contributed by atoms with Gasteiger partial charge in [0, 0.05) is 17.8 Å². The molecule has 4 nitrogen and oxygen atoms in total. The van der Waals surface area contributed by atoms with Gasteiger partial charge in [0.1, 0.15) is 0 Å². The van der Waals surface area contributed by atoms with Crippen LogP contribution in [0.15, 0.2) is 42.5 Å². The van der Waals surface area contributed by atoms with Crippen LogP contribution in [-0.2, 0) is 6.42 Å². The number of nitrogens with zero attached hydrogens (tertiary/aromatic N) is 1. The highest BCUT2D eigenvalue weighted by Gasteiger charge is 2.26. The van der Waals surface area contributed by atoms with E-state index in [1.54, 1.807) is 29.2 Å². The van der Waals surface area contributed by atoms with E-state index in [1.165, 1.54) is 0 Å². The number of hydrogen-bond donors (Lipinski definition) is 1. The molecule has 0 saturated heterocycles. The predicted molar refractivity (Wildman–Crippen MR) is 80.0 cm³/mol. The Bertz CT molecular complexity index is 737. The Hall–Kier alpha value is -2.62. The number of carbonyl (C=O) groups excluding carboxylic acids is 1. The van der Waals surface area contributed by atoms with E-state index in [4.69, 9.17) is 5.11 Å². The molecule has 4 heteroatoms. The van der Waals surface area contributed by atoms with Crippen molar-refractivity contribution < 1.29 is 14.7 Å². The Kier molecular flexibility index (Phi) is 3.22. The number of fused-ring (bicyclic) bond motifs is 1. The first-order chi connectivity index (χ1) is 10.1. The van der Waals surface area contributed by atoms with Crippen molar-refractivity contribution in [3.63, 3.8) is 0 Å². The minimum Gasteiger partial charge on any atom is -0.478 e. The van der Waals surface area contributed by atoms with E-state index in [0.717, 1.165) is 17.5 Å². The van der Waals surface area contributed by atoms with E-state index in [0.29, 0.717) is 17.8 Å². The number of aromatic carboxylic acids is 1. The summed E-state index contributed by atoms with van der Waals surface area (Å²) in [5, 5.41) is 9.09. The van der Waals surface area contributed by atoms with Crippen LogP contribution in [0.2, 0.25) is 0 Å². The second kappa shape index (κ2) is 5.05. The smallest absolute Gasteiger partial charge is 0.335 e. The van der Waals surface area contributed by atoms with Gasteiger partial charge < -0.3 is 10.0 Å². The van der Waals surface area contributed by atoms with Gasteiger partial charge in [0.05, 0.1) is 5.56 Å². The van der Waals surface area contributed by atoms with Crippen LogP contribution in [0.1, 0.15) is 31.8 Å². The van der Waals surface area contributed by atoms with Crippen molar-refractivity contribution in [3.05, 3.63) is 64.7 Å². The first-order valence-electron chi connectivity index (χ1n) is 6.81. The van der Waals surface area contributed by atoms with Crippen molar-refractivity contribution in [1.82, 2.24) is 0 Å². The van der Waals surface area contributed by atoms with Crippen molar-refractivity contribution in [2.75, 3.05) is 11.4 Å². The number of hydrogen-bond acceptors (Lipinski definition) is 2. The van der Waals surface area contributed by atoms with Gasteiger partial charge in [0.25, 0.3) is 5.91 Å². The molecule has 1 N–H and O–H groups in total. The van der Waals surface area contributed by atoms with Gasteiger partial charge in [-0.15, -0.1) is 0 Å². The first kappa shape index (κ1) is 13.4. The number of carbonyl (C=O) groups is 2. The molecule has 1 heterocycles. The lowest BCUT2D eigenvalue weighted by Gasteiger charge is -2.18. The van der Waals surface area contributed by atoms with E-state index in [1.807, 2.05) is 25.1 Å². The van der Waals surface area contributed by atoms with Gasteiger partial charge in [-0.3, -0.25) is 4.79 Å². The van der Waals surface area contributed by atoms with Crippen LogP contribution >= 0.6 is 0 Å². The molecule has 3 rings (SSSR count). The Morgan fingerprint density at radius 1 is 1.10 bits per heavy atom. The van der Waals surface area contributed by atoms with Crippen LogP contribution in [0.5, 0.6) is 0 Å². The summed E-state index contributed by atoms with van der Waals surface area (Å²) in [6.07, 6.45) is 0.757. The maximum Gasteiger partial charge on any atom is 0.335 e. The van der Waals surface area contributed by atoms with Gasteiger partial charge in [0.15, 0.2) is 0 Å². The Morgan fingerprint density at radius 2 is 1.90 bits per heavy atom. The number of amides is 1. The summed E-state index contributed by atoms with van der Waals surface area (Å²) < 4.78 is 0. The molecular formula is C17H15NO3. The van der Waals surface area contributed by atoms with Gasteiger partial charge in [-0.1, -0.05) is 23.8 Å². The van der Waals surface area contributed by atoms with Crippen LogP contribution < -0.4 is 4.90 Å². The molecule has 0 unspecified atom stereocenters. The van der Waals surface area contributed by atoms with Crippen LogP contribution in [0, 0.1) is 6.92 Å². The second-order valence-corrected chi connectivity index (χ2v) is 5.22. The Morgan fingerprint density at radius 3 is 2.62 bits per heavy atom. The number of carboxylic acid groups (broad SMARTS) is 1. The maximum atomic E-state index is 12.6. The lowest BCUT2D eigenvalue weighted by atomic mass is 10.1. The minimum atomic E-state index is -0.979. The van der Waals surface area contributed by atoms with Crippen molar-refractivity contribution in [2.45, 2.75) is 13.3 Å². The lowest BCUT2D eigenvalue weighted by molar-refractivity contribution is 0.0696. The highest BCUT2D eigenvalue weighted by atomic mass is 16.4. The molecule has 21 heavy (non-hydrogen) atoms. The average molecular weight is 281 g/mol. The Balaban J connectivity index is 1.98. The van der Waals surface area contributed by atoms with Crippen LogP contribution in [-0.4, -0.2) is 23.5 Å². The summed E-state index contributed by atoms with van der Waals surface area (Å²) in [5.41, 5.74) is 3.59. The minimum absolute atomic E-state index is 0.0833. The number of rotatable bonds is 2. The third-order valence-electron chi connectivity index (χ3n) is 3.74. The molecule has 1 aliphatic rings. The summed E-state index contributed by atoms with van der Waals surface area (Å²) in [6, 6.07) is 12.4. The summed E-state index contributed by atoms with van der Waals surface area (Å²) in [4.78, 5) is 25.4. The van der Waals surface area contributed by atoms with E-state index in [-0.39, 0.29) is 11.5 Å². The summed E-state index contributed by atoms with van der Waals surface area (Å²) in [6.45, 7) is 2.53. The third kappa shape index (κ3) is 2.40. The summed E-state index contributed by atoms with van der Waals surface area (Å²) in [7, 11) is 0. The number of anilines is 1. The van der Waals surface area contributed by atoms with E-state index < -0.39 is 5.97 Å². The fourth-order valence-electron chi connectivity index (χ4n) is 2.66. The molecule has 0 saturated carbocycles. The summed E-state index contributed by atoms with van der Waals surface area (Å²) >= 11 is 0. The molecule has 0 aliphatic carbocycles. The normalized spacial score (nSPS) is 13.1. The molecule has 0 bridgehead atoms. The van der Waals surface area contributed by atoms with Gasteiger partial charge in [-0.2, -0.15) is 0 Å². The SMILES string of the molecule is Cc1cccc(C(=O)N2CCc3ccc(C(=O)O)cc32)c1. The lowest BCUT2D eigenvalue weighted by Crippen LogP contribution is -2.29. The molecule has 106 valence electrons. The molecule has 2 aromatic rings. The largest absolute Gasteiger partial charge is 0.478 e. The molecule has 1 amide bonds. The zero-order valence-corrected chi connectivity index (χ0v) is 11.7. The summed E-state index contributed by atoms with van der Waals surface area (Å²) in [5.74, 6) is -1.06. The van der Waals surface area contributed by atoms with Crippen molar-refractivity contribution >= 4 is 17.6 Å². The zero-order valence-electron chi connectivity index (χ0n) is 11.7. The van der Waals surface area contributed by atoms with Gasteiger partial charge >= 0.3 is 5.97 Å². The highest BCUT2D eigenvalue weighted by Crippen LogP contribution is 2.30. The molecule has 0 aromatic heterocycles. The predicted octanol–water partition coefficient (Wildman–Crippen LogP) is 2.90. The number of aryl methyl sites for hydroxylation is 1. The number of carboxylic acids is 1. The molecule has 0 radical (unpaired) electrons. The molecule has 0 atom stereocenters. The van der Waals surface area contributed by atoms with E-state index in [9.17, 15) is 9.59 Å². The van der Waals surface area contributed by atoms with Crippen LogP contribution in [0.25, 0.3) is 0 Å². The molecule has 0 spiro atoms. The fourth-order valence-corrected chi connectivity index (χ4v) is 2.66. The van der Waals surface area contributed by atoms with Gasteiger partial charge in [-0.25, -0.2) is 4.79 Å². The van der Waals surface area contributed by atoms with Crippen molar-refractivity contribution in [1.29, 1.82) is 0 Å². The van der Waals surface area contributed by atoms with E-state index in [2.05, 4.69) is 0 Å². The molecule has 1 aliphatic heterocycles. The first-order valence-corrected chi connectivity index (χ1v) is 6.81. The Labute approximate surface area is 122 Å². The maximum absolute atomic E-state index is 12.6. The molecule has 2 aromatic carbocycles. The van der Waals surface area contributed by atoms with E-state index >= 15 is 0 Å². The fraction of sp³-hybridized carbons (Fsp3) is 0.176. The monoisotopic (exact) mass is 281 g/mol. The zero-order chi connectivity index (χ0) is 15.0. The van der Waals surface area contributed by atoms with Crippen LogP contribution in [0.3, 0.4) is 0 Å². The standard InChI is InChI=1S/C17H15NO3/c1-11-3-2-4-13(9-11)16(19)18-8-7-12-5-6-14(17(20)21)10-15(12)18/h2-6,9-10H,7-8H2,1H3,(H,20,21). The number of benzene rings is 2. The highest BCUT2D eigenvalue weighted by molar-refractivity contribution is 6.08. The van der Waals surface area contributed by atoms with Gasteiger partial charge in [0.2, 0.25) is 0 Å². The quantitative estimate of drug-likeness (QED) is 0.920. The van der Waals surface area contributed by atoms with Crippen molar-refractivity contribution in [2.24, 2.45) is 0 Å².